The van der Waals surface area contributed by atoms with E-state index in [1.165, 1.54) is 0 Å². The van der Waals surface area contributed by atoms with Gasteiger partial charge in [-0.05, 0) is 19.1 Å². The second-order valence-electron chi connectivity index (χ2n) is 4.48. The Hall–Kier alpha value is -2.22. The van der Waals surface area contributed by atoms with Crippen LogP contribution in [0.15, 0.2) is 33.9 Å². The zero-order chi connectivity index (χ0) is 14.3. The second-order valence-corrected chi connectivity index (χ2v) is 6.39. The van der Waals surface area contributed by atoms with E-state index in [0.29, 0.717) is 22.7 Å². The van der Waals surface area contributed by atoms with Crippen LogP contribution in [0.3, 0.4) is 0 Å². The van der Waals surface area contributed by atoms with E-state index in [2.05, 4.69) is 15.1 Å². The van der Waals surface area contributed by atoms with Crippen molar-refractivity contribution in [3.05, 3.63) is 36.0 Å². The van der Waals surface area contributed by atoms with Gasteiger partial charge in [-0.2, -0.15) is 4.98 Å². The van der Waals surface area contributed by atoms with Crippen LogP contribution in [0, 0.1) is 6.92 Å². The molecule has 1 aromatic carbocycles. The van der Waals surface area contributed by atoms with Gasteiger partial charge in [-0.15, -0.1) is 0 Å². The predicted molar refractivity (Wildman–Crippen MR) is 71.0 cm³/mol. The minimum absolute atomic E-state index is 0.00504. The summed E-state index contributed by atoms with van der Waals surface area (Å²) in [4.78, 5) is 8.27. The molecule has 0 unspecified atom stereocenters. The first-order valence-corrected chi connectivity index (χ1v) is 7.79. The molecule has 0 saturated heterocycles. The molecule has 0 spiro atoms. The van der Waals surface area contributed by atoms with Crippen molar-refractivity contribution in [2.45, 2.75) is 18.6 Å². The van der Waals surface area contributed by atoms with Crippen LogP contribution in [0.25, 0.3) is 11.0 Å². The van der Waals surface area contributed by atoms with Crippen LogP contribution >= 0.6 is 0 Å². The lowest BCUT2D eigenvalue weighted by Gasteiger charge is -2.04. The van der Waals surface area contributed by atoms with Crippen molar-refractivity contribution in [3.8, 4) is 0 Å². The average Bonchev–Trinajstić information content (AvgIpc) is 2.94. The topological polar surface area (TPSA) is 90.9 Å². The molecular formula is C12H12N4O3S. The summed E-state index contributed by atoms with van der Waals surface area (Å²) in [5, 5.41) is 3.69. The number of rotatable bonds is 3. The van der Waals surface area contributed by atoms with Crippen molar-refractivity contribution >= 4 is 20.9 Å². The number of nitrogens with zero attached hydrogens (tertiary/aromatic N) is 4. The highest BCUT2D eigenvalue weighted by Gasteiger charge is 2.20. The van der Waals surface area contributed by atoms with Gasteiger partial charge in [-0.3, -0.25) is 0 Å². The van der Waals surface area contributed by atoms with Gasteiger partial charge in [0.25, 0.3) is 0 Å². The molecule has 0 amide bonds. The van der Waals surface area contributed by atoms with E-state index in [1.807, 2.05) is 12.1 Å². The van der Waals surface area contributed by atoms with Crippen LogP contribution in [-0.2, 0) is 16.4 Å². The highest BCUT2D eigenvalue weighted by Crippen LogP contribution is 2.20. The third-order valence-electron chi connectivity index (χ3n) is 2.81. The van der Waals surface area contributed by atoms with E-state index in [-0.39, 0.29) is 11.7 Å². The van der Waals surface area contributed by atoms with Gasteiger partial charge in [0, 0.05) is 6.26 Å². The second kappa shape index (κ2) is 4.41. The van der Waals surface area contributed by atoms with Gasteiger partial charge in [0.1, 0.15) is 6.54 Å². The van der Waals surface area contributed by atoms with E-state index in [0.717, 1.165) is 6.26 Å². The molecule has 3 rings (SSSR count). The summed E-state index contributed by atoms with van der Waals surface area (Å²) in [6.45, 7) is 1.88. The zero-order valence-corrected chi connectivity index (χ0v) is 11.8. The molecule has 7 nitrogen and oxygen atoms in total. The zero-order valence-electron chi connectivity index (χ0n) is 10.9. The molecule has 0 bridgehead atoms. The van der Waals surface area contributed by atoms with Crippen LogP contribution in [0.2, 0.25) is 0 Å². The lowest BCUT2D eigenvalue weighted by molar-refractivity contribution is 0.365. The molecule has 0 N–H and O–H groups in total. The van der Waals surface area contributed by atoms with E-state index in [1.54, 1.807) is 23.6 Å². The Morgan fingerprint density at radius 2 is 2.00 bits per heavy atom. The van der Waals surface area contributed by atoms with Crippen molar-refractivity contribution in [2.24, 2.45) is 0 Å². The first-order valence-electron chi connectivity index (χ1n) is 5.89. The number of aryl methyl sites for hydroxylation is 1. The maximum atomic E-state index is 11.9. The molecule has 8 heteroatoms. The van der Waals surface area contributed by atoms with Gasteiger partial charge in [0.15, 0.2) is 5.82 Å². The molecule has 0 radical (unpaired) electrons. The van der Waals surface area contributed by atoms with E-state index in [9.17, 15) is 8.42 Å². The quantitative estimate of drug-likeness (QED) is 0.720. The SMILES string of the molecule is Cc1noc(Cn2c(S(C)(=O)=O)nc3ccccc32)n1. The number of hydrogen-bond donors (Lipinski definition) is 0. The Kier molecular flexibility index (Phi) is 2.82. The monoisotopic (exact) mass is 292 g/mol. The summed E-state index contributed by atoms with van der Waals surface area (Å²) in [6, 6.07) is 7.20. The molecule has 104 valence electrons. The summed E-state index contributed by atoms with van der Waals surface area (Å²) in [7, 11) is -3.45. The Morgan fingerprint density at radius 1 is 1.25 bits per heavy atom. The first kappa shape index (κ1) is 12.8. The Morgan fingerprint density at radius 3 is 2.65 bits per heavy atom. The fourth-order valence-corrected chi connectivity index (χ4v) is 2.86. The summed E-state index contributed by atoms with van der Waals surface area (Å²) in [5.41, 5.74) is 1.33. The van der Waals surface area contributed by atoms with Crippen molar-refractivity contribution in [2.75, 3.05) is 6.26 Å². The van der Waals surface area contributed by atoms with E-state index < -0.39 is 9.84 Å². The molecular weight excluding hydrogens is 280 g/mol. The normalized spacial score (nSPS) is 12.1. The average molecular weight is 292 g/mol. The van der Waals surface area contributed by atoms with Crippen molar-refractivity contribution in [3.63, 3.8) is 0 Å². The third-order valence-corrected chi connectivity index (χ3v) is 3.79. The number of imidazole rings is 1. The summed E-state index contributed by atoms with van der Waals surface area (Å²) >= 11 is 0. The summed E-state index contributed by atoms with van der Waals surface area (Å²) < 4.78 is 30.4. The summed E-state index contributed by atoms with van der Waals surface area (Å²) in [6.07, 6.45) is 1.13. The van der Waals surface area contributed by atoms with Crippen molar-refractivity contribution < 1.29 is 12.9 Å². The minimum atomic E-state index is -3.45. The Balaban J connectivity index is 2.21. The highest BCUT2D eigenvalue weighted by molar-refractivity contribution is 7.90. The first-order chi connectivity index (χ1) is 9.45. The maximum absolute atomic E-state index is 11.9. The number of fused-ring (bicyclic) bond motifs is 1. The lowest BCUT2D eigenvalue weighted by Crippen LogP contribution is -2.10. The Bertz CT molecular complexity index is 879. The van der Waals surface area contributed by atoms with Crippen LogP contribution in [0.5, 0.6) is 0 Å². The predicted octanol–water partition coefficient (Wildman–Crippen LogP) is 1.18. The van der Waals surface area contributed by atoms with Crippen LogP contribution in [-0.4, -0.2) is 34.4 Å². The fraction of sp³-hybridized carbons (Fsp3) is 0.250. The number of para-hydroxylation sites is 2. The number of benzene rings is 1. The standard InChI is InChI=1S/C12H12N4O3S/c1-8-13-11(19-15-8)7-16-10-6-4-3-5-9(10)14-12(16)20(2,17)18/h3-6H,7H2,1-2H3. The third kappa shape index (κ3) is 2.18. The molecule has 0 fully saturated rings. The van der Waals surface area contributed by atoms with Gasteiger partial charge in [-0.25, -0.2) is 13.4 Å². The lowest BCUT2D eigenvalue weighted by atomic mass is 10.3. The van der Waals surface area contributed by atoms with Crippen molar-refractivity contribution in [1.82, 2.24) is 19.7 Å². The molecule has 2 aromatic heterocycles. The molecule has 0 aliphatic carbocycles. The van der Waals surface area contributed by atoms with E-state index in [4.69, 9.17) is 4.52 Å². The number of sulfone groups is 1. The molecule has 3 aromatic rings. The molecule has 2 heterocycles. The van der Waals surface area contributed by atoms with Gasteiger partial charge >= 0.3 is 0 Å². The summed E-state index contributed by atoms with van der Waals surface area (Å²) in [5.74, 6) is 0.848. The fourth-order valence-electron chi connectivity index (χ4n) is 2.03. The van der Waals surface area contributed by atoms with Crippen LogP contribution in [0.1, 0.15) is 11.7 Å². The Labute approximate surface area is 115 Å². The number of aromatic nitrogens is 4. The van der Waals surface area contributed by atoms with E-state index >= 15 is 0 Å². The van der Waals surface area contributed by atoms with Gasteiger partial charge in [-0.1, -0.05) is 17.3 Å². The smallest absolute Gasteiger partial charge is 0.246 e. The highest BCUT2D eigenvalue weighted by atomic mass is 32.2. The molecule has 0 aliphatic heterocycles. The van der Waals surface area contributed by atoms with Gasteiger partial charge in [0.05, 0.1) is 11.0 Å². The van der Waals surface area contributed by atoms with Crippen LogP contribution in [0.4, 0.5) is 0 Å². The van der Waals surface area contributed by atoms with Crippen molar-refractivity contribution in [1.29, 1.82) is 0 Å². The van der Waals surface area contributed by atoms with Crippen LogP contribution < -0.4 is 0 Å². The maximum Gasteiger partial charge on any atom is 0.246 e. The molecule has 0 atom stereocenters. The molecule has 0 saturated carbocycles. The van der Waals surface area contributed by atoms with Gasteiger partial charge in [0.2, 0.25) is 20.9 Å². The largest absolute Gasteiger partial charge is 0.337 e. The number of hydrogen-bond acceptors (Lipinski definition) is 6. The van der Waals surface area contributed by atoms with Gasteiger partial charge < -0.3 is 9.09 Å². The molecule has 0 aliphatic rings. The molecule has 20 heavy (non-hydrogen) atoms. The minimum Gasteiger partial charge on any atom is -0.337 e.